The van der Waals surface area contributed by atoms with Gasteiger partial charge in [0.05, 0.1) is 21.4 Å². The Labute approximate surface area is 200 Å². The predicted octanol–water partition coefficient (Wildman–Crippen LogP) is 5.65. The number of hydrogen-bond acceptors (Lipinski definition) is 4. The van der Waals surface area contributed by atoms with Gasteiger partial charge < -0.3 is 10.1 Å². The summed E-state index contributed by atoms with van der Waals surface area (Å²) in [6.45, 7) is -0.247. The average Bonchev–Trinajstić information content (AvgIpc) is 2.75. The van der Waals surface area contributed by atoms with E-state index in [-0.39, 0.29) is 18.4 Å². The number of nitrogens with zero attached hydrogens (tertiary/aromatic N) is 1. The maximum Gasteiger partial charge on any atom is 0.271 e. The molecule has 6 nitrogen and oxygen atoms in total. The first-order valence-electron chi connectivity index (χ1n) is 8.98. The van der Waals surface area contributed by atoms with Crippen molar-refractivity contribution in [3.63, 3.8) is 0 Å². The minimum atomic E-state index is -0.372. The third-order valence-electron chi connectivity index (χ3n) is 3.94. The first-order chi connectivity index (χ1) is 14.9. The lowest BCUT2D eigenvalue weighted by molar-refractivity contribution is -0.118. The second-order valence-corrected chi connectivity index (χ2v) is 8.37. The molecule has 2 N–H and O–H groups in total. The van der Waals surface area contributed by atoms with Crippen molar-refractivity contribution in [3.05, 3.63) is 91.8 Å². The van der Waals surface area contributed by atoms with Crippen LogP contribution < -0.4 is 15.5 Å². The zero-order chi connectivity index (χ0) is 22.2. The van der Waals surface area contributed by atoms with E-state index in [1.807, 2.05) is 6.07 Å². The minimum absolute atomic E-state index is 0.247. The molecule has 2 amide bonds. The SMILES string of the molecule is O=C(COc1c(Br)cc(Br)cc1/C=N/NC(=O)c1ccccc1)Nc1ccccc1Cl. The number of amides is 2. The number of halogens is 3. The normalized spacial score (nSPS) is 10.7. The summed E-state index contributed by atoms with van der Waals surface area (Å²) in [5.74, 6) is -0.314. The van der Waals surface area contributed by atoms with Gasteiger partial charge in [-0.1, -0.05) is 57.9 Å². The number of carbonyl (C=O) groups excluding carboxylic acids is 2. The lowest BCUT2D eigenvalue weighted by Gasteiger charge is -2.12. The van der Waals surface area contributed by atoms with Crippen molar-refractivity contribution in [2.45, 2.75) is 0 Å². The van der Waals surface area contributed by atoms with E-state index in [1.54, 1.807) is 60.7 Å². The van der Waals surface area contributed by atoms with Gasteiger partial charge in [-0.15, -0.1) is 0 Å². The number of anilines is 1. The molecule has 0 saturated heterocycles. The molecule has 0 aliphatic heterocycles. The molecule has 9 heteroatoms. The monoisotopic (exact) mass is 563 g/mol. The molecule has 0 aromatic heterocycles. The van der Waals surface area contributed by atoms with E-state index < -0.39 is 0 Å². The fourth-order valence-corrected chi connectivity index (χ4v) is 4.09. The van der Waals surface area contributed by atoms with Crippen molar-refractivity contribution in [1.29, 1.82) is 0 Å². The van der Waals surface area contributed by atoms with Gasteiger partial charge in [-0.05, 0) is 52.3 Å². The van der Waals surface area contributed by atoms with Crippen molar-refractivity contribution in [2.75, 3.05) is 11.9 Å². The Bertz CT molecular complexity index is 1120. The molecular weight excluding hydrogens is 550 g/mol. The van der Waals surface area contributed by atoms with Gasteiger partial charge in [-0.3, -0.25) is 9.59 Å². The van der Waals surface area contributed by atoms with Crippen molar-refractivity contribution >= 4 is 67.2 Å². The lowest BCUT2D eigenvalue weighted by Crippen LogP contribution is -2.21. The van der Waals surface area contributed by atoms with Crippen LogP contribution in [-0.4, -0.2) is 24.6 Å². The maximum atomic E-state index is 12.3. The highest BCUT2D eigenvalue weighted by Gasteiger charge is 2.13. The Morgan fingerprint density at radius 1 is 1.03 bits per heavy atom. The molecule has 0 spiro atoms. The van der Waals surface area contributed by atoms with Crippen LogP contribution in [-0.2, 0) is 4.79 Å². The number of nitrogens with one attached hydrogen (secondary N) is 2. The molecule has 3 aromatic rings. The van der Waals surface area contributed by atoms with E-state index in [0.29, 0.717) is 32.1 Å². The highest BCUT2D eigenvalue weighted by Crippen LogP contribution is 2.32. The third kappa shape index (κ3) is 6.65. The fourth-order valence-electron chi connectivity index (χ4n) is 2.53. The number of para-hydroxylation sites is 1. The number of carbonyl (C=O) groups is 2. The lowest BCUT2D eigenvalue weighted by atomic mass is 10.2. The molecule has 0 aliphatic carbocycles. The van der Waals surface area contributed by atoms with Crippen molar-refractivity contribution in [1.82, 2.24) is 5.43 Å². The first-order valence-corrected chi connectivity index (χ1v) is 10.9. The van der Waals surface area contributed by atoms with Crippen LogP contribution in [0.2, 0.25) is 5.02 Å². The first kappa shape index (κ1) is 23.0. The Morgan fingerprint density at radius 3 is 2.48 bits per heavy atom. The van der Waals surface area contributed by atoms with E-state index in [1.165, 1.54) is 6.21 Å². The van der Waals surface area contributed by atoms with E-state index in [2.05, 4.69) is 47.7 Å². The van der Waals surface area contributed by atoms with E-state index in [9.17, 15) is 9.59 Å². The van der Waals surface area contributed by atoms with Gasteiger partial charge in [0, 0.05) is 15.6 Å². The van der Waals surface area contributed by atoms with Gasteiger partial charge in [-0.25, -0.2) is 5.43 Å². The molecule has 3 aromatic carbocycles. The van der Waals surface area contributed by atoms with Gasteiger partial charge in [-0.2, -0.15) is 5.10 Å². The number of ether oxygens (including phenoxy) is 1. The van der Waals surface area contributed by atoms with Gasteiger partial charge >= 0.3 is 0 Å². The topological polar surface area (TPSA) is 79.8 Å². The molecule has 3 rings (SSSR count). The number of rotatable bonds is 7. The summed E-state index contributed by atoms with van der Waals surface area (Å²) in [6.07, 6.45) is 1.44. The molecular formula is C22H16Br2ClN3O3. The third-order valence-corrected chi connectivity index (χ3v) is 5.31. The molecule has 0 saturated carbocycles. The highest BCUT2D eigenvalue weighted by molar-refractivity contribution is 9.11. The van der Waals surface area contributed by atoms with Crippen LogP contribution in [0.3, 0.4) is 0 Å². The number of hydrazone groups is 1. The van der Waals surface area contributed by atoms with Crippen molar-refractivity contribution < 1.29 is 14.3 Å². The van der Waals surface area contributed by atoms with Crippen LogP contribution in [0.1, 0.15) is 15.9 Å². The van der Waals surface area contributed by atoms with Crippen LogP contribution in [0.5, 0.6) is 5.75 Å². The van der Waals surface area contributed by atoms with Crippen LogP contribution >= 0.6 is 43.5 Å². The van der Waals surface area contributed by atoms with E-state index >= 15 is 0 Å². The molecule has 0 aliphatic rings. The van der Waals surface area contributed by atoms with E-state index in [4.69, 9.17) is 16.3 Å². The molecule has 0 bridgehead atoms. The molecule has 158 valence electrons. The summed E-state index contributed by atoms with van der Waals surface area (Å²) in [5, 5.41) is 7.13. The van der Waals surface area contributed by atoms with Crippen LogP contribution in [0.4, 0.5) is 5.69 Å². The smallest absolute Gasteiger partial charge is 0.271 e. The summed E-state index contributed by atoms with van der Waals surface area (Å²) in [7, 11) is 0. The maximum absolute atomic E-state index is 12.3. The fraction of sp³-hybridized carbons (Fsp3) is 0.0455. The molecule has 0 fully saturated rings. The standard InChI is InChI=1S/C22H16Br2ClN3O3/c23-16-10-15(12-26-28-22(30)14-6-2-1-3-7-14)21(17(24)11-16)31-13-20(29)27-19-9-5-4-8-18(19)25/h1-12H,13H2,(H,27,29)(H,28,30)/b26-12+. The van der Waals surface area contributed by atoms with Crippen LogP contribution in [0, 0.1) is 0 Å². The Balaban J connectivity index is 1.68. The second-order valence-electron chi connectivity index (χ2n) is 6.19. The van der Waals surface area contributed by atoms with Gasteiger partial charge in [0.1, 0.15) is 5.75 Å². The van der Waals surface area contributed by atoms with Gasteiger partial charge in [0.15, 0.2) is 6.61 Å². The number of benzene rings is 3. The summed E-state index contributed by atoms with van der Waals surface area (Å²) in [6, 6.07) is 19.2. The number of hydrogen-bond donors (Lipinski definition) is 2. The van der Waals surface area contributed by atoms with Crippen LogP contribution in [0.25, 0.3) is 0 Å². The largest absolute Gasteiger partial charge is 0.482 e. The van der Waals surface area contributed by atoms with E-state index in [0.717, 1.165) is 4.47 Å². The van der Waals surface area contributed by atoms with Crippen molar-refractivity contribution in [2.24, 2.45) is 5.10 Å². The molecule has 31 heavy (non-hydrogen) atoms. The Morgan fingerprint density at radius 2 is 1.74 bits per heavy atom. The molecule has 0 unspecified atom stereocenters. The summed E-state index contributed by atoms with van der Waals surface area (Å²) in [4.78, 5) is 24.4. The summed E-state index contributed by atoms with van der Waals surface area (Å²) >= 11 is 12.9. The zero-order valence-electron chi connectivity index (χ0n) is 15.9. The van der Waals surface area contributed by atoms with Crippen molar-refractivity contribution in [3.8, 4) is 5.75 Å². The highest BCUT2D eigenvalue weighted by atomic mass is 79.9. The van der Waals surface area contributed by atoms with Gasteiger partial charge in [0.25, 0.3) is 11.8 Å². The average molecular weight is 566 g/mol. The summed E-state index contributed by atoms with van der Waals surface area (Å²) in [5.41, 5.74) is 4.01. The van der Waals surface area contributed by atoms with Crippen LogP contribution in [0.15, 0.2) is 80.8 Å². The predicted molar refractivity (Wildman–Crippen MR) is 129 cm³/mol. The second kappa shape index (κ2) is 11.1. The molecule has 0 atom stereocenters. The zero-order valence-corrected chi connectivity index (χ0v) is 19.9. The molecule has 0 radical (unpaired) electrons. The summed E-state index contributed by atoms with van der Waals surface area (Å²) < 4.78 is 7.09. The quantitative estimate of drug-likeness (QED) is 0.287. The Kier molecular flexibility index (Phi) is 8.22. The minimum Gasteiger partial charge on any atom is -0.482 e. The molecule has 0 heterocycles. The van der Waals surface area contributed by atoms with Gasteiger partial charge in [0.2, 0.25) is 0 Å². The Hall–Kier alpha value is -2.68.